The normalized spacial score (nSPS) is 14.3. The van der Waals surface area contributed by atoms with Crippen molar-refractivity contribution in [1.82, 2.24) is 0 Å². The van der Waals surface area contributed by atoms with Crippen molar-refractivity contribution in [2.75, 3.05) is 11.9 Å². The van der Waals surface area contributed by atoms with Crippen molar-refractivity contribution in [3.63, 3.8) is 0 Å². The zero-order valence-electron chi connectivity index (χ0n) is 18.3. The largest absolute Gasteiger partial charge is 0.494 e. The number of hydrogen-bond acceptors (Lipinski definition) is 5. The predicted octanol–water partition coefficient (Wildman–Crippen LogP) is 5.51. The molecule has 6 heteroatoms. The number of hydrogen-bond donors (Lipinski definition) is 1. The van der Waals surface area contributed by atoms with Crippen molar-refractivity contribution in [3.8, 4) is 11.8 Å². The summed E-state index contributed by atoms with van der Waals surface area (Å²) in [6, 6.07) is 15.6. The molecular weight excluding hydrogens is 404 g/mol. The Hall–Kier alpha value is -3.59. The van der Waals surface area contributed by atoms with Gasteiger partial charge in [-0.25, -0.2) is 4.79 Å². The molecule has 1 saturated carbocycles. The summed E-state index contributed by atoms with van der Waals surface area (Å²) in [5.41, 5.74) is 1.64. The molecular formula is C26H28N2O4. The fraction of sp³-hybridized carbons (Fsp3) is 0.346. The molecule has 0 saturated heterocycles. The summed E-state index contributed by atoms with van der Waals surface area (Å²) in [6.07, 6.45) is 7.64. The van der Waals surface area contributed by atoms with Crippen molar-refractivity contribution in [1.29, 1.82) is 5.26 Å². The van der Waals surface area contributed by atoms with E-state index in [1.807, 2.05) is 13.0 Å². The second-order valence-electron chi connectivity index (χ2n) is 7.78. The first-order chi connectivity index (χ1) is 15.6. The number of ether oxygens (including phenoxy) is 2. The van der Waals surface area contributed by atoms with Crippen molar-refractivity contribution in [2.24, 2.45) is 0 Å². The monoisotopic (exact) mass is 432 g/mol. The number of nitrogens with zero attached hydrogens (tertiary/aromatic N) is 1. The smallest absolute Gasteiger partial charge is 0.338 e. The summed E-state index contributed by atoms with van der Waals surface area (Å²) in [5, 5.41) is 12.1. The van der Waals surface area contributed by atoms with E-state index in [4.69, 9.17) is 9.47 Å². The van der Waals surface area contributed by atoms with Crippen LogP contribution in [0.5, 0.6) is 5.75 Å². The maximum atomic E-state index is 12.5. The molecule has 1 amide bonds. The quantitative estimate of drug-likeness (QED) is 0.337. The second kappa shape index (κ2) is 11.7. The molecule has 0 atom stereocenters. The van der Waals surface area contributed by atoms with E-state index < -0.39 is 5.91 Å². The molecule has 1 aliphatic rings. The van der Waals surface area contributed by atoms with Gasteiger partial charge in [-0.2, -0.15) is 5.26 Å². The molecule has 0 bridgehead atoms. The Balaban J connectivity index is 1.59. The third kappa shape index (κ3) is 6.71. The third-order valence-corrected chi connectivity index (χ3v) is 5.23. The molecule has 2 aromatic carbocycles. The Morgan fingerprint density at radius 2 is 1.75 bits per heavy atom. The number of carbonyl (C=O) groups is 2. The first-order valence-corrected chi connectivity index (χ1v) is 11.1. The summed E-state index contributed by atoms with van der Waals surface area (Å²) in [6.45, 7) is 2.67. The lowest BCUT2D eigenvalue weighted by Gasteiger charge is -2.21. The van der Waals surface area contributed by atoms with Gasteiger partial charge in [-0.3, -0.25) is 4.79 Å². The van der Waals surface area contributed by atoms with Crippen molar-refractivity contribution >= 4 is 23.6 Å². The van der Waals surface area contributed by atoms with Crippen LogP contribution in [-0.2, 0) is 9.53 Å². The Bertz CT molecular complexity index is 982. The summed E-state index contributed by atoms with van der Waals surface area (Å²) >= 11 is 0. The minimum absolute atomic E-state index is 0.00812. The molecule has 0 aromatic heterocycles. The lowest BCUT2D eigenvalue weighted by molar-refractivity contribution is -0.112. The number of rotatable bonds is 8. The molecule has 1 aliphatic carbocycles. The zero-order chi connectivity index (χ0) is 22.8. The van der Waals surface area contributed by atoms with Crippen molar-refractivity contribution in [2.45, 2.75) is 51.6 Å². The molecule has 0 heterocycles. The maximum Gasteiger partial charge on any atom is 0.338 e. The number of benzene rings is 2. The second-order valence-corrected chi connectivity index (χ2v) is 7.78. The van der Waals surface area contributed by atoms with Gasteiger partial charge in [-0.15, -0.1) is 0 Å². The van der Waals surface area contributed by atoms with E-state index in [9.17, 15) is 14.9 Å². The molecule has 0 radical (unpaired) electrons. The molecule has 32 heavy (non-hydrogen) atoms. The van der Waals surface area contributed by atoms with Gasteiger partial charge in [0.2, 0.25) is 0 Å². The number of carbonyl (C=O) groups excluding carboxylic acids is 2. The van der Waals surface area contributed by atoms with Gasteiger partial charge < -0.3 is 14.8 Å². The van der Waals surface area contributed by atoms with Crippen LogP contribution in [0, 0.1) is 11.3 Å². The van der Waals surface area contributed by atoms with E-state index in [2.05, 4.69) is 5.32 Å². The Morgan fingerprint density at radius 3 is 2.38 bits per heavy atom. The van der Waals surface area contributed by atoms with Gasteiger partial charge in [0.1, 0.15) is 23.5 Å². The van der Waals surface area contributed by atoms with Crippen molar-refractivity contribution in [3.05, 3.63) is 65.2 Å². The highest BCUT2D eigenvalue weighted by Gasteiger charge is 2.19. The fourth-order valence-corrected chi connectivity index (χ4v) is 3.49. The van der Waals surface area contributed by atoms with Crippen LogP contribution >= 0.6 is 0 Å². The summed E-state index contributed by atoms with van der Waals surface area (Å²) in [4.78, 5) is 24.8. The molecule has 0 aliphatic heterocycles. The highest BCUT2D eigenvalue weighted by molar-refractivity contribution is 6.09. The topological polar surface area (TPSA) is 88.4 Å². The molecule has 0 unspecified atom stereocenters. The van der Waals surface area contributed by atoms with Crippen LogP contribution in [0.1, 0.15) is 61.4 Å². The molecule has 2 aromatic rings. The van der Waals surface area contributed by atoms with E-state index in [1.165, 1.54) is 12.5 Å². The van der Waals surface area contributed by atoms with Gasteiger partial charge in [-0.1, -0.05) is 25.5 Å². The Kier molecular flexibility index (Phi) is 8.44. The average Bonchev–Trinajstić information content (AvgIpc) is 2.83. The van der Waals surface area contributed by atoms with Crippen molar-refractivity contribution < 1.29 is 19.1 Å². The number of amides is 1. The molecule has 0 spiro atoms. The lowest BCUT2D eigenvalue weighted by Crippen LogP contribution is -2.21. The number of esters is 1. The van der Waals surface area contributed by atoms with Gasteiger partial charge in [0.05, 0.1) is 12.2 Å². The van der Waals surface area contributed by atoms with E-state index >= 15 is 0 Å². The van der Waals surface area contributed by atoms with Gasteiger partial charge in [-0.05, 0) is 80.1 Å². The summed E-state index contributed by atoms with van der Waals surface area (Å²) < 4.78 is 11.1. The highest BCUT2D eigenvalue weighted by Crippen LogP contribution is 2.22. The number of nitriles is 1. The average molecular weight is 433 g/mol. The number of anilines is 1. The van der Waals surface area contributed by atoms with Gasteiger partial charge >= 0.3 is 5.97 Å². The van der Waals surface area contributed by atoms with E-state index in [0.717, 1.165) is 43.4 Å². The van der Waals surface area contributed by atoms with Crippen LogP contribution in [0.2, 0.25) is 0 Å². The zero-order valence-corrected chi connectivity index (χ0v) is 18.3. The van der Waals surface area contributed by atoms with Crippen LogP contribution in [0.3, 0.4) is 0 Å². The molecule has 1 N–H and O–H groups in total. The maximum absolute atomic E-state index is 12.5. The van der Waals surface area contributed by atoms with E-state index in [-0.39, 0.29) is 17.6 Å². The van der Waals surface area contributed by atoms with Crippen LogP contribution in [0.4, 0.5) is 5.69 Å². The lowest BCUT2D eigenvalue weighted by atomic mass is 9.98. The minimum Gasteiger partial charge on any atom is -0.494 e. The van der Waals surface area contributed by atoms with E-state index in [1.54, 1.807) is 48.5 Å². The minimum atomic E-state index is -0.517. The molecule has 6 nitrogen and oxygen atoms in total. The number of nitrogens with one attached hydrogen (secondary N) is 1. The highest BCUT2D eigenvalue weighted by atomic mass is 16.5. The van der Waals surface area contributed by atoms with Gasteiger partial charge in [0.15, 0.2) is 0 Å². The Labute approximate surface area is 188 Å². The standard InChI is InChI=1S/C26H28N2O4/c1-2-16-31-23-14-8-19(9-15-23)17-21(18-27)25(29)28-22-12-10-20(11-13-22)26(30)32-24-6-4-3-5-7-24/h8-15,17,24H,2-7,16H2,1H3,(H,28,29)/b21-17+. The van der Waals surface area contributed by atoms with Crippen LogP contribution in [0.25, 0.3) is 6.08 Å². The van der Waals surface area contributed by atoms with Gasteiger partial charge in [0, 0.05) is 5.69 Å². The fourth-order valence-electron chi connectivity index (χ4n) is 3.49. The van der Waals surface area contributed by atoms with Crippen LogP contribution < -0.4 is 10.1 Å². The van der Waals surface area contributed by atoms with Crippen LogP contribution in [-0.4, -0.2) is 24.6 Å². The molecule has 3 rings (SSSR count). The summed E-state index contributed by atoms with van der Waals surface area (Å²) in [7, 11) is 0. The van der Waals surface area contributed by atoms with Crippen LogP contribution in [0.15, 0.2) is 54.1 Å². The first-order valence-electron chi connectivity index (χ1n) is 11.1. The van der Waals surface area contributed by atoms with Gasteiger partial charge in [0.25, 0.3) is 5.91 Å². The Morgan fingerprint density at radius 1 is 1.06 bits per heavy atom. The molecule has 166 valence electrons. The SMILES string of the molecule is CCCOc1ccc(/C=C(\C#N)C(=O)Nc2ccc(C(=O)OC3CCCCC3)cc2)cc1. The first kappa shape index (κ1) is 23.1. The summed E-state index contributed by atoms with van der Waals surface area (Å²) in [5.74, 6) is -0.121. The van der Waals surface area contributed by atoms with E-state index in [0.29, 0.717) is 17.9 Å². The third-order valence-electron chi connectivity index (χ3n) is 5.23. The molecule has 1 fully saturated rings. The predicted molar refractivity (Wildman–Crippen MR) is 123 cm³/mol.